The van der Waals surface area contributed by atoms with E-state index in [-0.39, 0.29) is 6.09 Å². The number of anilines is 1. The average Bonchev–Trinajstić information content (AvgIpc) is 2.29. The summed E-state index contributed by atoms with van der Waals surface area (Å²) < 4.78 is 5.63. The molecule has 0 saturated heterocycles. The topological polar surface area (TPSA) is 38.3 Å². The van der Waals surface area contributed by atoms with Crippen molar-refractivity contribution in [3.8, 4) is 0 Å². The molecule has 1 aromatic carbocycles. The number of fused-ring (bicyclic) bond motifs is 1. The number of ether oxygens (including phenoxy) is 1. The van der Waals surface area contributed by atoms with Gasteiger partial charge in [0, 0.05) is 5.56 Å². The van der Waals surface area contributed by atoms with Crippen molar-refractivity contribution in [1.82, 2.24) is 0 Å². The Hall–Kier alpha value is -1.51. The minimum atomic E-state index is -0.428. The van der Waals surface area contributed by atoms with Gasteiger partial charge in [-0.25, -0.2) is 4.79 Å². The molecule has 3 nitrogen and oxygen atoms in total. The molecule has 1 aliphatic heterocycles. The van der Waals surface area contributed by atoms with Crippen LogP contribution in [0.4, 0.5) is 10.5 Å². The van der Waals surface area contributed by atoms with E-state index in [9.17, 15) is 4.79 Å². The van der Waals surface area contributed by atoms with Gasteiger partial charge in [0.2, 0.25) is 0 Å². The number of hydrogen-bond donors (Lipinski definition) is 1. The number of cyclic esters (lactones) is 1. The number of carbonyl (C=O) groups is 1. The molecule has 0 atom stereocenters. The van der Waals surface area contributed by atoms with Crippen molar-refractivity contribution in [3.05, 3.63) is 29.8 Å². The molecule has 0 aliphatic carbocycles. The van der Waals surface area contributed by atoms with E-state index in [1.807, 2.05) is 18.2 Å². The Balaban J connectivity index is 2.47. The molecule has 3 heteroatoms. The fraction of sp³-hybridized carbons (Fsp3) is 0.500. The van der Waals surface area contributed by atoms with Gasteiger partial charge in [0.1, 0.15) is 5.60 Å². The summed E-state index contributed by atoms with van der Waals surface area (Å²) in [6.07, 6.45) is 3.44. The van der Waals surface area contributed by atoms with Crippen LogP contribution in [0.3, 0.4) is 0 Å². The maximum absolute atomic E-state index is 11.7. The first-order valence-electron chi connectivity index (χ1n) is 6.31. The quantitative estimate of drug-likeness (QED) is 0.852. The summed E-state index contributed by atoms with van der Waals surface area (Å²) in [5.41, 5.74) is 1.58. The van der Waals surface area contributed by atoms with E-state index in [0.29, 0.717) is 0 Å². The van der Waals surface area contributed by atoms with Crippen LogP contribution in [-0.2, 0) is 10.3 Å². The van der Waals surface area contributed by atoms with Crippen LogP contribution in [0, 0.1) is 0 Å². The highest BCUT2D eigenvalue weighted by molar-refractivity contribution is 5.88. The molecular weight excluding hydrogens is 214 g/mol. The number of hydrogen-bond acceptors (Lipinski definition) is 2. The summed E-state index contributed by atoms with van der Waals surface area (Å²) >= 11 is 0. The van der Waals surface area contributed by atoms with Gasteiger partial charge >= 0.3 is 6.09 Å². The predicted molar refractivity (Wildman–Crippen MR) is 68.0 cm³/mol. The molecular formula is C14H19NO2. The zero-order valence-corrected chi connectivity index (χ0v) is 10.5. The summed E-state index contributed by atoms with van der Waals surface area (Å²) in [6.45, 7) is 4.24. The molecule has 1 aromatic rings. The van der Waals surface area contributed by atoms with Crippen LogP contribution in [0.2, 0.25) is 0 Å². The Morgan fingerprint density at radius 3 is 2.47 bits per heavy atom. The largest absolute Gasteiger partial charge is 0.438 e. The van der Waals surface area contributed by atoms with Crippen molar-refractivity contribution < 1.29 is 9.53 Å². The second-order valence-corrected chi connectivity index (χ2v) is 4.55. The van der Waals surface area contributed by atoms with Gasteiger partial charge in [-0.3, -0.25) is 5.32 Å². The number of amides is 1. The molecule has 0 saturated carbocycles. The summed E-state index contributed by atoms with van der Waals surface area (Å²) in [4.78, 5) is 11.7. The van der Waals surface area contributed by atoms with E-state index in [1.165, 1.54) is 0 Å². The molecule has 0 radical (unpaired) electrons. The van der Waals surface area contributed by atoms with Crippen molar-refractivity contribution in [1.29, 1.82) is 0 Å². The average molecular weight is 233 g/mol. The fourth-order valence-corrected chi connectivity index (χ4v) is 2.66. The smallest absolute Gasteiger partial charge is 0.412 e. The number of para-hydroxylation sites is 1. The van der Waals surface area contributed by atoms with Crippen LogP contribution in [-0.4, -0.2) is 6.09 Å². The molecule has 1 heterocycles. The van der Waals surface area contributed by atoms with Crippen LogP contribution in [0.5, 0.6) is 0 Å². The van der Waals surface area contributed by atoms with Gasteiger partial charge in [0.05, 0.1) is 5.69 Å². The monoisotopic (exact) mass is 233 g/mol. The third-order valence-electron chi connectivity index (χ3n) is 3.25. The van der Waals surface area contributed by atoms with Crippen LogP contribution >= 0.6 is 0 Å². The van der Waals surface area contributed by atoms with E-state index in [2.05, 4.69) is 25.2 Å². The van der Waals surface area contributed by atoms with Crippen LogP contribution in [0.25, 0.3) is 0 Å². The van der Waals surface area contributed by atoms with Crippen molar-refractivity contribution in [2.45, 2.75) is 45.1 Å². The number of carbonyl (C=O) groups excluding carboxylic acids is 1. The van der Waals surface area contributed by atoms with Crippen molar-refractivity contribution >= 4 is 11.8 Å². The standard InChI is InChI=1S/C14H19NO2/c1-3-9-14(10-4-2)11-7-5-6-8-12(11)15-13(16)17-14/h5-8H,3-4,9-10H2,1-2H3,(H,15,16). The van der Waals surface area contributed by atoms with Gasteiger partial charge in [-0.1, -0.05) is 44.9 Å². The van der Waals surface area contributed by atoms with E-state index in [0.717, 1.165) is 36.9 Å². The lowest BCUT2D eigenvalue weighted by Gasteiger charge is -2.38. The molecule has 0 spiro atoms. The molecule has 1 N–H and O–H groups in total. The first kappa shape index (κ1) is 12.0. The first-order chi connectivity index (χ1) is 8.22. The van der Waals surface area contributed by atoms with Crippen LogP contribution in [0.15, 0.2) is 24.3 Å². The molecule has 0 unspecified atom stereocenters. The number of benzene rings is 1. The third kappa shape index (κ3) is 2.14. The first-order valence-corrected chi connectivity index (χ1v) is 6.31. The lowest BCUT2D eigenvalue weighted by molar-refractivity contribution is -0.00402. The minimum Gasteiger partial charge on any atom is -0.438 e. The molecule has 2 rings (SSSR count). The Morgan fingerprint density at radius 1 is 1.18 bits per heavy atom. The van der Waals surface area contributed by atoms with Crippen molar-refractivity contribution in [2.75, 3.05) is 5.32 Å². The Labute approximate surface area is 102 Å². The fourth-order valence-electron chi connectivity index (χ4n) is 2.66. The van der Waals surface area contributed by atoms with Crippen LogP contribution in [0.1, 0.15) is 45.1 Å². The summed E-state index contributed by atoms with van der Waals surface area (Å²) in [5.74, 6) is 0. The predicted octanol–water partition coefficient (Wildman–Crippen LogP) is 4.04. The minimum absolute atomic E-state index is 0.328. The van der Waals surface area contributed by atoms with Crippen molar-refractivity contribution in [3.63, 3.8) is 0 Å². The van der Waals surface area contributed by atoms with E-state index >= 15 is 0 Å². The summed E-state index contributed by atoms with van der Waals surface area (Å²) in [6, 6.07) is 7.93. The highest BCUT2D eigenvalue weighted by atomic mass is 16.6. The molecule has 0 fully saturated rings. The Morgan fingerprint density at radius 2 is 1.82 bits per heavy atom. The van der Waals surface area contributed by atoms with Crippen LogP contribution < -0.4 is 5.32 Å². The van der Waals surface area contributed by atoms with Gasteiger partial charge in [-0.2, -0.15) is 0 Å². The number of rotatable bonds is 4. The zero-order valence-electron chi connectivity index (χ0n) is 10.5. The van der Waals surface area contributed by atoms with E-state index < -0.39 is 5.60 Å². The van der Waals surface area contributed by atoms with Gasteiger partial charge in [0.15, 0.2) is 0 Å². The van der Waals surface area contributed by atoms with Gasteiger partial charge in [0.25, 0.3) is 0 Å². The molecule has 1 aliphatic rings. The van der Waals surface area contributed by atoms with E-state index in [4.69, 9.17) is 4.74 Å². The normalized spacial score (nSPS) is 16.9. The number of nitrogens with one attached hydrogen (secondary N) is 1. The second kappa shape index (κ2) is 4.78. The van der Waals surface area contributed by atoms with Gasteiger partial charge < -0.3 is 4.74 Å². The molecule has 1 amide bonds. The highest BCUT2D eigenvalue weighted by Crippen LogP contribution is 2.42. The molecule has 17 heavy (non-hydrogen) atoms. The zero-order chi connectivity index (χ0) is 12.3. The van der Waals surface area contributed by atoms with Crippen molar-refractivity contribution in [2.24, 2.45) is 0 Å². The molecule has 0 aromatic heterocycles. The maximum Gasteiger partial charge on any atom is 0.412 e. The van der Waals surface area contributed by atoms with Gasteiger partial charge in [-0.15, -0.1) is 0 Å². The van der Waals surface area contributed by atoms with E-state index in [1.54, 1.807) is 0 Å². The highest BCUT2D eigenvalue weighted by Gasteiger charge is 2.40. The summed E-state index contributed by atoms with van der Waals surface area (Å²) in [7, 11) is 0. The Kier molecular flexibility index (Phi) is 3.36. The SMILES string of the molecule is CCCC1(CCC)OC(=O)Nc2ccccc21. The molecule has 92 valence electrons. The maximum atomic E-state index is 11.7. The van der Waals surface area contributed by atoms with Gasteiger partial charge in [-0.05, 0) is 18.9 Å². The summed E-state index contributed by atoms with van der Waals surface area (Å²) in [5, 5.41) is 2.77. The Bertz CT molecular complexity index is 408. The lowest BCUT2D eigenvalue weighted by atomic mass is 9.83. The molecule has 0 bridgehead atoms. The lowest BCUT2D eigenvalue weighted by Crippen LogP contribution is -2.39. The third-order valence-corrected chi connectivity index (χ3v) is 3.25. The second-order valence-electron chi connectivity index (χ2n) is 4.55.